The van der Waals surface area contributed by atoms with E-state index >= 15 is 0 Å². The molecule has 10 nitrogen and oxygen atoms in total. The lowest BCUT2D eigenvalue weighted by Gasteiger charge is -2.43. The zero-order valence-corrected chi connectivity index (χ0v) is 17.1. The van der Waals surface area contributed by atoms with Crippen LogP contribution in [-0.4, -0.2) is 61.2 Å². The summed E-state index contributed by atoms with van der Waals surface area (Å²) in [7, 11) is 0. The molecule has 1 aromatic heterocycles. The van der Waals surface area contributed by atoms with Crippen molar-refractivity contribution in [2.24, 2.45) is 0 Å². The van der Waals surface area contributed by atoms with Gasteiger partial charge in [-0.1, -0.05) is 0 Å². The number of hydrogen-bond donors (Lipinski definition) is 0. The molecule has 1 aliphatic rings. The second kappa shape index (κ2) is 10.2. The molecule has 11 heteroatoms. The number of ether oxygens (including phenoxy) is 6. The van der Waals surface area contributed by atoms with Crippen LogP contribution in [0.15, 0.2) is 17.5 Å². The summed E-state index contributed by atoms with van der Waals surface area (Å²) in [5.74, 6) is -2.66. The Bertz CT molecular complexity index is 731. The van der Waals surface area contributed by atoms with E-state index in [1.165, 1.54) is 25.2 Å². The highest BCUT2D eigenvalue weighted by Gasteiger charge is 2.53. The smallest absolute Gasteiger partial charge is 0.303 e. The van der Waals surface area contributed by atoms with Gasteiger partial charge in [0.25, 0.3) is 0 Å². The fourth-order valence-corrected chi connectivity index (χ4v) is 3.33. The van der Waals surface area contributed by atoms with Crippen LogP contribution >= 0.6 is 11.3 Å². The maximum absolute atomic E-state index is 11.7. The van der Waals surface area contributed by atoms with Gasteiger partial charge in [-0.05, 0) is 17.5 Å². The first-order valence-electron chi connectivity index (χ1n) is 8.68. The zero-order chi connectivity index (χ0) is 21.6. The molecule has 5 atom stereocenters. The predicted molar refractivity (Wildman–Crippen MR) is 96.9 cm³/mol. The van der Waals surface area contributed by atoms with Gasteiger partial charge in [0.2, 0.25) is 12.4 Å². The third kappa shape index (κ3) is 6.71. The van der Waals surface area contributed by atoms with Crippen LogP contribution in [0.5, 0.6) is 5.06 Å². The summed E-state index contributed by atoms with van der Waals surface area (Å²) in [6, 6.07) is 3.41. The van der Waals surface area contributed by atoms with Crippen molar-refractivity contribution in [3.05, 3.63) is 17.5 Å². The molecule has 0 radical (unpaired) electrons. The van der Waals surface area contributed by atoms with Crippen molar-refractivity contribution in [1.82, 2.24) is 0 Å². The molecule has 0 aliphatic carbocycles. The Morgan fingerprint density at radius 1 is 0.897 bits per heavy atom. The van der Waals surface area contributed by atoms with E-state index < -0.39 is 54.6 Å². The van der Waals surface area contributed by atoms with Crippen molar-refractivity contribution in [2.75, 3.05) is 6.61 Å². The summed E-state index contributed by atoms with van der Waals surface area (Å²) in [5.41, 5.74) is 0. The SMILES string of the molecule is CC(=O)OC[C@H]1O[C@@H](Oc2cccs2)[C@H](OC(C)=O)[C@@H](OC(C)=O)[C@H]1OC(C)=O. The van der Waals surface area contributed by atoms with Crippen molar-refractivity contribution in [1.29, 1.82) is 0 Å². The second-order valence-electron chi connectivity index (χ2n) is 6.12. The normalized spacial score (nSPS) is 26.1. The van der Waals surface area contributed by atoms with Gasteiger partial charge in [-0.25, -0.2) is 0 Å². The molecule has 2 heterocycles. The highest BCUT2D eigenvalue weighted by molar-refractivity contribution is 7.11. The van der Waals surface area contributed by atoms with Gasteiger partial charge in [-0.2, -0.15) is 0 Å². The lowest BCUT2D eigenvalue weighted by Crippen LogP contribution is -2.63. The predicted octanol–water partition coefficient (Wildman–Crippen LogP) is 1.21. The van der Waals surface area contributed by atoms with E-state index in [1.807, 2.05) is 0 Å². The fraction of sp³-hybridized carbons (Fsp3) is 0.556. The molecule has 1 aromatic rings. The average Bonchev–Trinajstić information content (AvgIpc) is 3.10. The number of carbonyl (C=O) groups is 4. The second-order valence-corrected chi connectivity index (χ2v) is 7.03. The van der Waals surface area contributed by atoms with Gasteiger partial charge in [0.1, 0.15) is 12.7 Å². The van der Waals surface area contributed by atoms with Crippen LogP contribution in [0.4, 0.5) is 0 Å². The molecule has 1 aliphatic heterocycles. The minimum absolute atomic E-state index is 0.303. The topological polar surface area (TPSA) is 124 Å². The average molecular weight is 430 g/mol. The molecule has 29 heavy (non-hydrogen) atoms. The van der Waals surface area contributed by atoms with Gasteiger partial charge in [0.15, 0.2) is 17.3 Å². The standard InChI is InChI=1S/C18H22O10S/c1-9(19)23-8-13-15(24-10(2)20)16(25-11(3)21)17(26-12(4)22)18(27-13)28-14-6-5-7-29-14/h5-7,13,15-18H,8H2,1-4H3/t13-,15+,16+,17-,18+/m1/s1. The highest BCUT2D eigenvalue weighted by atomic mass is 32.1. The fourth-order valence-electron chi connectivity index (χ4n) is 2.73. The number of thiophene rings is 1. The summed E-state index contributed by atoms with van der Waals surface area (Å²) in [6.07, 6.45) is -5.95. The summed E-state index contributed by atoms with van der Waals surface area (Å²) in [5, 5.41) is 2.21. The Balaban J connectivity index is 2.40. The molecule has 0 amide bonds. The Hall–Kier alpha value is -2.66. The van der Waals surface area contributed by atoms with Gasteiger partial charge in [-0.15, -0.1) is 11.3 Å². The van der Waals surface area contributed by atoms with Crippen LogP contribution in [0.3, 0.4) is 0 Å². The number of esters is 4. The monoisotopic (exact) mass is 430 g/mol. The lowest BCUT2D eigenvalue weighted by atomic mass is 9.98. The van der Waals surface area contributed by atoms with Crippen molar-refractivity contribution in [2.45, 2.75) is 58.4 Å². The lowest BCUT2D eigenvalue weighted by molar-refractivity contribution is -0.288. The van der Waals surface area contributed by atoms with E-state index in [2.05, 4.69) is 0 Å². The summed E-state index contributed by atoms with van der Waals surface area (Å²) >= 11 is 1.26. The summed E-state index contributed by atoms with van der Waals surface area (Å²) < 4.78 is 32.4. The van der Waals surface area contributed by atoms with Gasteiger partial charge in [0, 0.05) is 27.7 Å². The first kappa shape index (κ1) is 22.6. The van der Waals surface area contributed by atoms with Crippen LogP contribution in [0.25, 0.3) is 0 Å². The maximum atomic E-state index is 11.7. The van der Waals surface area contributed by atoms with Crippen LogP contribution in [0, 0.1) is 0 Å². The summed E-state index contributed by atoms with van der Waals surface area (Å²) in [4.78, 5) is 46.3. The molecule has 0 saturated carbocycles. The minimum atomic E-state index is -1.25. The Kier molecular flexibility index (Phi) is 7.97. The molecule has 0 bridgehead atoms. The maximum Gasteiger partial charge on any atom is 0.303 e. The van der Waals surface area contributed by atoms with Gasteiger partial charge in [-0.3, -0.25) is 19.2 Å². The molecule has 2 rings (SSSR count). The van der Waals surface area contributed by atoms with Gasteiger partial charge < -0.3 is 28.4 Å². The van der Waals surface area contributed by atoms with Gasteiger partial charge in [0.05, 0.1) is 0 Å². The van der Waals surface area contributed by atoms with Crippen molar-refractivity contribution < 1.29 is 47.6 Å². The summed E-state index contributed by atoms with van der Waals surface area (Å²) in [6.45, 7) is 4.37. The van der Waals surface area contributed by atoms with Crippen LogP contribution in [0.2, 0.25) is 0 Å². The van der Waals surface area contributed by atoms with E-state index in [-0.39, 0.29) is 6.61 Å². The van der Waals surface area contributed by atoms with Crippen LogP contribution in [0.1, 0.15) is 27.7 Å². The third-order valence-electron chi connectivity index (χ3n) is 3.68. The highest BCUT2D eigenvalue weighted by Crippen LogP contribution is 2.32. The zero-order valence-electron chi connectivity index (χ0n) is 16.3. The molecule has 1 saturated heterocycles. The molecule has 160 valence electrons. The van der Waals surface area contributed by atoms with Crippen molar-refractivity contribution in [3.8, 4) is 5.06 Å². The van der Waals surface area contributed by atoms with Crippen LogP contribution in [-0.2, 0) is 42.9 Å². The molecular weight excluding hydrogens is 408 g/mol. The molecule has 1 fully saturated rings. The number of hydrogen-bond acceptors (Lipinski definition) is 11. The third-order valence-corrected chi connectivity index (χ3v) is 4.43. The number of carbonyl (C=O) groups excluding carboxylic acids is 4. The van der Waals surface area contributed by atoms with Crippen molar-refractivity contribution >= 4 is 35.2 Å². The number of rotatable bonds is 7. The Labute approximate surface area is 171 Å². The first-order valence-corrected chi connectivity index (χ1v) is 9.56. The molecule has 0 unspecified atom stereocenters. The van der Waals surface area contributed by atoms with E-state index in [0.717, 1.165) is 13.8 Å². The Morgan fingerprint density at radius 2 is 1.48 bits per heavy atom. The van der Waals surface area contributed by atoms with Gasteiger partial charge >= 0.3 is 23.9 Å². The first-order chi connectivity index (χ1) is 13.7. The van der Waals surface area contributed by atoms with E-state index in [0.29, 0.717) is 5.06 Å². The molecule has 0 N–H and O–H groups in total. The van der Waals surface area contributed by atoms with E-state index in [9.17, 15) is 19.2 Å². The molecule has 0 aromatic carbocycles. The van der Waals surface area contributed by atoms with E-state index in [4.69, 9.17) is 28.4 Å². The van der Waals surface area contributed by atoms with E-state index in [1.54, 1.807) is 17.5 Å². The minimum Gasteiger partial charge on any atom is -0.463 e. The quantitative estimate of drug-likeness (QED) is 0.460. The molecular formula is C18H22O10S. The van der Waals surface area contributed by atoms with Crippen LogP contribution < -0.4 is 4.74 Å². The Morgan fingerprint density at radius 3 is 2.00 bits per heavy atom. The van der Waals surface area contributed by atoms with Crippen molar-refractivity contribution in [3.63, 3.8) is 0 Å². The largest absolute Gasteiger partial charge is 0.463 e. The molecule has 0 spiro atoms.